The van der Waals surface area contributed by atoms with Gasteiger partial charge in [0.1, 0.15) is 5.82 Å². The standard InChI is InChI=1S/C24H37FN4O2/c25-20-11-13-22(14-12-20)28-16-7-17-29(19-18-28)23(30)10-5-2-6-15-26-24(31)27-21-8-3-1-4-9-21/h11-14,21H,1-10,15-19H2,(H2,26,27,31). The van der Waals surface area contributed by atoms with Crippen LogP contribution in [0.25, 0.3) is 0 Å². The third kappa shape index (κ3) is 8.04. The van der Waals surface area contributed by atoms with Crippen molar-refractivity contribution in [3.63, 3.8) is 0 Å². The van der Waals surface area contributed by atoms with E-state index >= 15 is 0 Å². The average Bonchev–Trinajstić information content (AvgIpc) is 3.04. The zero-order valence-electron chi connectivity index (χ0n) is 18.6. The van der Waals surface area contributed by atoms with Gasteiger partial charge >= 0.3 is 6.03 Å². The van der Waals surface area contributed by atoms with Gasteiger partial charge in [0.15, 0.2) is 0 Å². The van der Waals surface area contributed by atoms with E-state index in [9.17, 15) is 14.0 Å². The summed E-state index contributed by atoms with van der Waals surface area (Å²) in [6.45, 7) is 3.79. The molecule has 2 aliphatic rings. The molecule has 0 atom stereocenters. The van der Waals surface area contributed by atoms with Crippen molar-refractivity contribution < 1.29 is 14.0 Å². The van der Waals surface area contributed by atoms with E-state index in [1.54, 1.807) is 12.1 Å². The SMILES string of the molecule is O=C(NCCCCCC(=O)N1CCCN(c2ccc(F)cc2)CC1)NC1CCCCC1. The van der Waals surface area contributed by atoms with Crippen molar-refractivity contribution in [2.75, 3.05) is 37.6 Å². The fraction of sp³-hybridized carbons (Fsp3) is 0.667. The third-order valence-electron chi connectivity index (χ3n) is 6.33. The van der Waals surface area contributed by atoms with Gasteiger partial charge in [0.2, 0.25) is 5.91 Å². The van der Waals surface area contributed by atoms with E-state index in [1.807, 2.05) is 4.90 Å². The molecule has 0 radical (unpaired) electrons. The summed E-state index contributed by atoms with van der Waals surface area (Å²) in [7, 11) is 0. The molecule has 3 amide bonds. The number of amides is 3. The Balaban J connectivity index is 1.26. The van der Waals surface area contributed by atoms with Crippen molar-refractivity contribution in [1.82, 2.24) is 15.5 Å². The van der Waals surface area contributed by atoms with Crippen molar-refractivity contribution >= 4 is 17.6 Å². The van der Waals surface area contributed by atoms with E-state index in [4.69, 9.17) is 0 Å². The molecule has 7 heteroatoms. The number of rotatable bonds is 8. The summed E-state index contributed by atoms with van der Waals surface area (Å²) in [6, 6.07) is 6.85. The summed E-state index contributed by atoms with van der Waals surface area (Å²) < 4.78 is 13.1. The molecular weight excluding hydrogens is 395 g/mol. The molecular formula is C24H37FN4O2. The number of halogens is 1. The smallest absolute Gasteiger partial charge is 0.315 e. The Bertz CT molecular complexity index is 691. The molecule has 1 aliphatic heterocycles. The Kier molecular flexibility index (Phi) is 9.43. The van der Waals surface area contributed by atoms with Gasteiger partial charge in [-0.05, 0) is 56.4 Å². The Labute approximate surface area is 185 Å². The van der Waals surface area contributed by atoms with Crippen LogP contribution in [0.3, 0.4) is 0 Å². The maximum atomic E-state index is 13.1. The molecule has 1 saturated carbocycles. The van der Waals surface area contributed by atoms with Crippen molar-refractivity contribution in [2.45, 2.75) is 70.3 Å². The number of nitrogens with one attached hydrogen (secondary N) is 2. The average molecular weight is 433 g/mol. The molecule has 1 saturated heterocycles. The number of anilines is 1. The molecule has 2 N–H and O–H groups in total. The van der Waals surface area contributed by atoms with Crippen LogP contribution in [0.1, 0.15) is 64.2 Å². The fourth-order valence-corrected chi connectivity index (χ4v) is 4.50. The lowest BCUT2D eigenvalue weighted by atomic mass is 9.96. The van der Waals surface area contributed by atoms with Gasteiger partial charge < -0.3 is 20.4 Å². The molecule has 1 heterocycles. The van der Waals surface area contributed by atoms with Gasteiger partial charge in [0.25, 0.3) is 0 Å². The second kappa shape index (κ2) is 12.5. The molecule has 172 valence electrons. The third-order valence-corrected chi connectivity index (χ3v) is 6.33. The van der Waals surface area contributed by atoms with E-state index in [-0.39, 0.29) is 17.8 Å². The number of hydrogen-bond donors (Lipinski definition) is 2. The normalized spacial score (nSPS) is 17.8. The quantitative estimate of drug-likeness (QED) is 0.609. The minimum atomic E-state index is -0.226. The summed E-state index contributed by atoms with van der Waals surface area (Å²) >= 11 is 0. The summed E-state index contributed by atoms with van der Waals surface area (Å²) in [5.74, 6) is -0.0145. The maximum Gasteiger partial charge on any atom is 0.315 e. The zero-order chi connectivity index (χ0) is 21.9. The molecule has 1 aliphatic carbocycles. The summed E-state index contributed by atoms with van der Waals surface area (Å²) in [6.07, 6.45) is 10.0. The van der Waals surface area contributed by atoms with Gasteiger partial charge in [-0.1, -0.05) is 25.7 Å². The first-order chi connectivity index (χ1) is 15.1. The van der Waals surface area contributed by atoms with Gasteiger partial charge in [-0.15, -0.1) is 0 Å². The molecule has 3 rings (SSSR count). The minimum Gasteiger partial charge on any atom is -0.370 e. The molecule has 31 heavy (non-hydrogen) atoms. The molecule has 6 nitrogen and oxygen atoms in total. The second-order valence-electron chi connectivity index (χ2n) is 8.74. The predicted octanol–water partition coefficient (Wildman–Crippen LogP) is 4.06. The number of nitrogens with zero attached hydrogens (tertiary/aromatic N) is 2. The lowest BCUT2D eigenvalue weighted by Gasteiger charge is -2.24. The number of carbonyl (C=O) groups is 2. The first kappa shape index (κ1) is 23.4. The molecule has 0 unspecified atom stereocenters. The first-order valence-electron chi connectivity index (χ1n) is 11.9. The Morgan fingerprint density at radius 3 is 2.45 bits per heavy atom. The van der Waals surface area contributed by atoms with Gasteiger partial charge in [-0.25, -0.2) is 9.18 Å². The Morgan fingerprint density at radius 2 is 1.68 bits per heavy atom. The molecule has 2 fully saturated rings. The van der Waals surface area contributed by atoms with Crippen molar-refractivity contribution in [2.24, 2.45) is 0 Å². The lowest BCUT2D eigenvalue weighted by molar-refractivity contribution is -0.131. The maximum absolute atomic E-state index is 13.1. The van der Waals surface area contributed by atoms with Crippen LogP contribution in [0.5, 0.6) is 0 Å². The van der Waals surface area contributed by atoms with E-state index in [2.05, 4.69) is 15.5 Å². The van der Waals surface area contributed by atoms with E-state index in [0.29, 0.717) is 25.6 Å². The summed E-state index contributed by atoms with van der Waals surface area (Å²) in [5.41, 5.74) is 1.01. The highest BCUT2D eigenvalue weighted by molar-refractivity contribution is 5.76. The molecule has 1 aromatic rings. The molecule has 0 bridgehead atoms. The monoisotopic (exact) mass is 432 g/mol. The highest BCUT2D eigenvalue weighted by Crippen LogP contribution is 2.18. The number of hydrogen-bond acceptors (Lipinski definition) is 3. The van der Waals surface area contributed by atoms with Crippen LogP contribution in [-0.4, -0.2) is 55.6 Å². The summed E-state index contributed by atoms with van der Waals surface area (Å²) in [5, 5.41) is 6.00. The Morgan fingerprint density at radius 1 is 0.903 bits per heavy atom. The fourth-order valence-electron chi connectivity index (χ4n) is 4.50. The van der Waals surface area contributed by atoms with Crippen molar-refractivity contribution in [1.29, 1.82) is 0 Å². The number of urea groups is 1. The van der Waals surface area contributed by atoms with Crippen LogP contribution in [0.2, 0.25) is 0 Å². The van der Waals surface area contributed by atoms with E-state index in [0.717, 1.165) is 63.8 Å². The summed E-state index contributed by atoms with van der Waals surface area (Å²) in [4.78, 5) is 28.7. The van der Waals surface area contributed by atoms with Crippen LogP contribution < -0.4 is 15.5 Å². The molecule has 1 aromatic carbocycles. The molecule has 0 aromatic heterocycles. The van der Waals surface area contributed by atoms with Crippen LogP contribution in [-0.2, 0) is 4.79 Å². The number of carbonyl (C=O) groups excluding carboxylic acids is 2. The van der Waals surface area contributed by atoms with Crippen LogP contribution >= 0.6 is 0 Å². The van der Waals surface area contributed by atoms with Crippen LogP contribution in [0, 0.1) is 5.82 Å². The van der Waals surface area contributed by atoms with Crippen molar-refractivity contribution in [3.8, 4) is 0 Å². The van der Waals surface area contributed by atoms with E-state index < -0.39 is 0 Å². The Hall–Kier alpha value is -2.31. The van der Waals surface area contributed by atoms with Gasteiger partial charge in [0.05, 0.1) is 0 Å². The van der Waals surface area contributed by atoms with Crippen molar-refractivity contribution in [3.05, 3.63) is 30.1 Å². The largest absolute Gasteiger partial charge is 0.370 e. The zero-order valence-corrected chi connectivity index (χ0v) is 18.6. The lowest BCUT2D eigenvalue weighted by Crippen LogP contribution is -2.43. The topological polar surface area (TPSA) is 64.7 Å². The second-order valence-corrected chi connectivity index (χ2v) is 8.74. The van der Waals surface area contributed by atoms with Crippen LogP contribution in [0.4, 0.5) is 14.9 Å². The number of unbranched alkanes of at least 4 members (excludes halogenated alkanes) is 2. The predicted molar refractivity (Wildman–Crippen MR) is 122 cm³/mol. The first-order valence-corrected chi connectivity index (χ1v) is 11.9. The highest BCUT2D eigenvalue weighted by Gasteiger charge is 2.19. The van der Waals surface area contributed by atoms with E-state index in [1.165, 1.54) is 31.4 Å². The molecule has 0 spiro atoms. The minimum absolute atomic E-state index is 0.0572. The van der Waals surface area contributed by atoms with Gasteiger partial charge in [-0.3, -0.25) is 4.79 Å². The van der Waals surface area contributed by atoms with Gasteiger partial charge in [0, 0.05) is 50.9 Å². The van der Waals surface area contributed by atoms with Gasteiger partial charge in [-0.2, -0.15) is 0 Å². The number of benzene rings is 1. The highest BCUT2D eigenvalue weighted by atomic mass is 19.1. The van der Waals surface area contributed by atoms with Crippen LogP contribution in [0.15, 0.2) is 24.3 Å².